The lowest BCUT2D eigenvalue weighted by Crippen LogP contribution is -2.45. The van der Waals surface area contributed by atoms with Crippen LogP contribution in [-0.4, -0.2) is 12.1 Å². The van der Waals surface area contributed by atoms with E-state index < -0.39 is 12.1 Å². The van der Waals surface area contributed by atoms with E-state index in [0.717, 1.165) is 0 Å². The van der Waals surface area contributed by atoms with Gasteiger partial charge in [-0.1, -0.05) is 22.0 Å². The molecule has 0 heterocycles. The van der Waals surface area contributed by atoms with E-state index in [9.17, 15) is 18.7 Å². The van der Waals surface area contributed by atoms with E-state index in [1.54, 1.807) is 6.07 Å². The Bertz CT molecular complexity index is 354. The van der Waals surface area contributed by atoms with Gasteiger partial charge >= 0.3 is 6.11 Å². The van der Waals surface area contributed by atoms with Crippen LogP contribution in [0.4, 0.5) is 8.78 Å². The van der Waals surface area contributed by atoms with Gasteiger partial charge in [-0.05, 0) is 18.2 Å². The van der Waals surface area contributed by atoms with E-state index in [1.165, 1.54) is 18.2 Å². The van der Waals surface area contributed by atoms with Gasteiger partial charge in [-0.2, -0.15) is 8.78 Å². The average Bonchev–Trinajstić information content (AvgIpc) is 2.02. The molecule has 0 saturated heterocycles. The minimum atomic E-state index is -4.32. The van der Waals surface area contributed by atoms with E-state index in [1.807, 2.05) is 0 Å². The fourth-order valence-corrected chi connectivity index (χ4v) is 1.10. The molecule has 6 heteroatoms. The Morgan fingerprint density at radius 3 is 2.64 bits per heavy atom. The molecular weight excluding hydrogens is 262 g/mol. The first kappa shape index (κ1) is 10.9. The molecule has 0 aliphatic carbocycles. The molecule has 3 nitrogen and oxygen atoms in total. The summed E-state index contributed by atoms with van der Waals surface area (Å²) in [5.41, 5.74) is 0. The van der Waals surface area contributed by atoms with E-state index in [2.05, 4.69) is 20.7 Å². The Kier molecular flexibility index (Phi) is 3.05. The number of aliphatic carboxylic acids is 1. The minimum Gasteiger partial charge on any atom is -0.541 e. The van der Waals surface area contributed by atoms with E-state index in [4.69, 9.17) is 0 Å². The number of rotatable bonds is 3. The molecule has 0 aliphatic rings. The Morgan fingerprint density at radius 2 is 2.14 bits per heavy atom. The number of carboxylic acids is 1. The molecule has 0 amide bonds. The first-order chi connectivity index (χ1) is 6.42. The molecule has 1 aromatic carbocycles. The van der Waals surface area contributed by atoms with Crippen LogP contribution in [0.15, 0.2) is 28.7 Å². The molecule has 1 aromatic rings. The van der Waals surface area contributed by atoms with Gasteiger partial charge in [-0.3, -0.25) is 0 Å². The molecule has 1 rings (SSSR count). The monoisotopic (exact) mass is 265 g/mol. The van der Waals surface area contributed by atoms with Crippen molar-refractivity contribution in [3.63, 3.8) is 0 Å². The summed E-state index contributed by atoms with van der Waals surface area (Å²) >= 11 is 3.02. The lowest BCUT2D eigenvalue weighted by molar-refractivity contribution is -0.350. The predicted molar refractivity (Wildman–Crippen MR) is 44.7 cm³/mol. The van der Waals surface area contributed by atoms with Crippen LogP contribution in [0.2, 0.25) is 0 Å². The van der Waals surface area contributed by atoms with E-state index in [-0.39, 0.29) is 5.75 Å². The van der Waals surface area contributed by atoms with Crippen LogP contribution in [0.5, 0.6) is 5.75 Å². The van der Waals surface area contributed by atoms with Gasteiger partial charge in [0, 0.05) is 4.47 Å². The number of carbonyl (C=O) groups excluding carboxylic acids is 1. The number of alkyl halides is 2. The summed E-state index contributed by atoms with van der Waals surface area (Å²) in [6, 6.07) is 5.45. The normalized spacial score (nSPS) is 11.1. The highest BCUT2D eigenvalue weighted by Gasteiger charge is 2.33. The van der Waals surface area contributed by atoms with Crippen molar-refractivity contribution in [2.24, 2.45) is 0 Å². The van der Waals surface area contributed by atoms with Crippen LogP contribution in [-0.2, 0) is 4.79 Å². The molecule has 0 saturated carbocycles. The lowest BCUT2D eigenvalue weighted by Gasteiger charge is -2.18. The zero-order valence-electron chi connectivity index (χ0n) is 6.67. The molecule has 0 spiro atoms. The van der Waals surface area contributed by atoms with Crippen LogP contribution in [0.1, 0.15) is 0 Å². The topological polar surface area (TPSA) is 49.4 Å². The average molecular weight is 266 g/mol. The molecule has 0 radical (unpaired) electrons. The molecule has 0 N–H and O–H groups in total. The fourth-order valence-electron chi connectivity index (χ4n) is 0.720. The maximum Gasteiger partial charge on any atom is 0.441 e. The SMILES string of the molecule is O=C([O-])C(F)(F)Oc1cccc(Br)c1. The number of carboxylic acid groups (broad SMARTS) is 1. The van der Waals surface area contributed by atoms with Crippen LogP contribution in [0.25, 0.3) is 0 Å². The number of ether oxygens (including phenoxy) is 1. The summed E-state index contributed by atoms with van der Waals surface area (Å²) in [6.07, 6.45) is -4.32. The number of hydrogen-bond donors (Lipinski definition) is 0. The second-order valence-corrected chi connectivity index (χ2v) is 3.28. The summed E-state index contributed by atoms with van der Waals surface area (Å²) in [5.74, 6) is -2.83. The van der Waals surface area contributed by atoms with Gasteiger partial charge in [-0.25, -0.2) is 0 Å². The van der Waals surface area contributed by atoms with Crippen molar-refractivity contribution in [3.05, 3.63) is 28.7 Å². The van der Waals surface area contributed by atoms with E-state index >= 15 is 0 Å². The van der Waals surface area contributed by atoms with Crippen LogP contribution in [0.3, 0.4) is 0 Å². The highest BCUT2D eigenvalue weighted by atomic mass is 79.9. The molecule has 0 bridgehead atoms. The first-order valence-electron chi connectivity index (χ1n) is 3.45. The van der Waals surface area contributed by atoms with Crippen LogP contribution < -0.4 is 9.84 Å². The summed E-state index contributed by atoms with van der Waals surface area (Å²) < 4.78 is 29.4. The summed E-state index contributed by atoms with van der Waals surface area (Å²) in [4.78, 5) is 9.91. The van der Waals surface area contributed by atoms with Gasteiger partial charge < -0.3 is 14.6 Å². The minimum absolute atomic E-state index is 0.256. The summed E-state index contributed by atoms with van der Waals surface area (Å²) in [6.45, 7) is 0. The Balaban J connectivity index is 2.83. The van der Waals surface area contributed by atoms with Crippen LogP contribution >= 0.6 is 15.9 Å². The van der Waals surface area contributed by atoms with Gasteiger partial charge in [0.05, 0.1) is 0 Å². The third kappa shape index (κ3) is 2.66. The second-order valence-electron chi connectivity index (χ2n) is 2.36. The van der Waals surface area contributed by atoms with Crippen molar-refractivity contribution in [2.45, 2.75) is 6.11 Å². The third-order valence-electron chi connectivity index (χ3n) is 1.28. The number of hydrogen-bond acceptors (Lipinski definition) is 3. The molecule has 14 heavy (non-hydrogen) atoms. The van der Waals surface area contributed by atoms with Crippen molar-refractivity contribution in [2.75, 3.05) is 0 Å². The van der Waals surface area contributed by atoms with Gasteiger partial charge in [0.15, 0.2) is 5.97 Å². The van der Waals surface area contributed by atoms with E-state index in [0.29, 0.717) is 4.47 Å². The standard InChI is InChI=1S/C8H5BrF2O3/c9-5-2-1-3-6(4-5)14-8(10,11)7(12)13/h1-4H,(H,12,13)/p-1. The number of benzene rings is 1. The molecule has 0 fully saturated rings. The maximum atomic E-state index is 12.5. The van der Waals surface area contributed by atoms with Crippen LogP contribution in [0, 0.1) is 0 Å². The Hall–Kier alpha value is -1.17. The zero-order chi connectivity index (χ0) is 10.8. The van der Waals surface area contributed by atoms with Crippen molar-refractivity contribution >= 4 is 21.9 Å². The smallest absolute Gasteiger partial charge is 0.441 e. The largest absolute Gasteiger partial charge is 0.541 e. The fraction of sp³-hybridized carbons (Fsp3) is 0.125. The lowest BCUT2D eigenvalue weighted by atomic mass is 10.3. The number of carbonyl (C=O) groups is 1. The molecule has 0 atom stereocenters. The highest BCUT2D eigenvalue weighted by molar-refractivity contribution is 9.10. The third-order valence-corrected chi connectivity index (χ3v) is 1.77. The predicted octanol–water partition coefficient (Wildman–Crippen LogP) is 1.17. The van der Waals surface area contributed by atoms with Crippen molar-refractivity contribution in [1.29, 1.82) is 0 Å². The summed E-state index contributed by atoms with van der Waals surface area (Å²) in [7, 11) is 0. The molecule has 0 aromatic heterocycles. The Morgan fingerprint density at radius 1 is 1.50 bits per heavy atom. The highest BCUT2D eigenvalue weighted by Crippen LogP contribution is 2.23. The van der Waals surface area contributed by atoms with Crippen molar-refractivity contribution in [3.8, 4) is 5.75 Å². The van der Waals surface area contributed by atoms with Crippen molar-refractivity contribution < 1.29 is 23.4 Å². The van der Waals surface area contributed by atoms with Crippen molar-refractivity contribution in [1.82, 2.24) is 0 Å². The van der Waals surface area contributed by atoms with Gasteiger partial charge in [-0.15, -0.1) is 0 Å². The van der Waals surface area contributed by atoms with Gasteiger partial charge in [0.2, 0.25) is 0 Å². The molecule has 76 valence electrons. The number of halogens is 3. The Labute approximate surface area is 86.4 Å². The zero-order valence-corrected chi connectivity index (χ0v) is 8.25. The van der Waals surface area contributed by atoms with Gasteiger partial charge in [0.25, 0.3) is 0 Å². The quantitative estimate of drug-likeness (QED) is 0.825. The molecule has 0 unspecified atom stereocenters. The maximum absolute atomic E-state index is 12.5. The first-order valence-corrected chi connectivity index (χ1v) is 4.25. The van der Waals surface area contributed by atoms with Gasteiger partial charge in [0.1, 0.15) is 5.75 Å². The summed E-state index contributed by atoms with van der Waals surface area (Å²) in [5, 5.41) is 9.91. The second kappa shape index (κ2) is 3.91. The molecular formula is C8H4BrF2O3-. The molecule has 0 aliphatic heterocycles.